The van der Waals surface area contributed by atoms with Gasteiger partial charge >= 0.3 is 0 Å². The summed E-state index contributed by atoms with van der Waals surface area (Å²) in [4.78, 5) is 31.7. The van der Waals surface area contributed by atoms with Crippen molar-refractivity contribution in [1.82, 2.24) is 14.5 Å². The van der Waals surface area contributed by atoms with Crippen molar-refractivity contribution < 1.29 is 27.6 Å². The molecular formula is C23H14F3N5O4S2. The molecule has 2 aromatic heterocycles. The van der Waals surface area contributed by atoms with E-state index in [1.54, 1.807) is 34.9 Å². The van der Waals surface area contributed by atoms with E-state index in [0.29, 0.717) is 27.6 Å². The van der Waals surface area contributed by atoms with Crippen LogP contribution in [-0.4, -0.2) is 38.2 Å². The van der Waals surface area contributed by atoms with Gasteiger partial charge in [-0.1, -0.05) is 35.2 Å². The van der Waals surface area contributed by atoms with Crippen molar-refractivity contribution >= 4 is 61.1 Å². The summed E-state index contributed by atoms with van der Waals surface area (Å²) in [5.41, 5.74) is 0.987. The fourth-order valence-electron chi connectivity index (χ4n) is 3.62. The summed E-state index contributed by atoms with van der Waals surface area (Å²) in [6, 6.07) is 12.1. The van der Waals surface area contributed by atoms with Crippen molar-refractivity contribution in [3.63, 3.8) is 0 Å². The Balaban J connectivity index is 1.45. The number of rotatable bonds is 7. The van der Waals surface area contributed by atoms with E-state index in [4.69, 9.17) is 4.74 Å². The molecule has 3 aromatic carbocycles. The lowest BCUT2D eigenvalue weighted by Crippen LogP contribution is -2.14. The summed E-state index contributed by atoms with van der Waals surface area (Å²) >= 11 is 1.84. The van der Waals surface area contributed by atoms with E-state index in [-0.39, 0.29) is 26.8 Å². The van der Waals surface area contributed by atoms with Gasteiger partial charge in [0.25, 0.3) is 5.69 Å². The van der Waals surface area contributed by atoms with Crippen LogP contribution in [0, 0.1) is 27.6 Å². The van der Waals surface area contributed by atoms with Crippen LogP contribution < -0.4 is 10.1 Å². The van der Waals surface area contributed by atoms with Gasteiger partial charge in [-0.3, -0.25) is 19.5 Å². The molecule has 0 saturated carbocycles. The number of carbonyl (C=O) groups excluding carboxylic acids is 1. The first kappa shape index (κ1) is 24.5. The predicted octanol–water partition coefficient (Wildman–Crippen LogP) is 5.70. The van der Waals surface area contributed by atoms with Gasteiger partial charge in [0.15, 0.2) is 27.7 Å². The average Bonchev–Trinajstić information content (AvgIpc) is 3.46. The molecule has 14 heteroatoms. The molecule has 188 valence electrons. The van der Waals surface area contributed by atoms with Crippen LogP contribution in [0.2, 0.25) is 0 Å². The lowest BCUT2D eigenvalue weighted by Gasteiger charge is -2.12. The number of carbonyl (C=O) groups is 1. The molecule has 0 radical (unpaired) electrons. The predicted molar refractivity (Wildman–Crippen MR) is 133 cm³/mol. The van der Waals surface area contributed by atoms with Crippen molar-refractivity contribution in [2.75, 3.05) is 18.2 Å². The average molecular weight is 546 g/mol. The Morgan fingerprint density at radius 2 is 1.95 bits per heavy atom. The van der Waals surface area contributed by atoms with E-state index < -0.39 is 28.3 Å². The highest BCUT2D eigenvalue weighted by Crippen LogP contribution is 2.34. The molecule has 2 heterocycles. The van der Waals surface area contributed by atoms with Gasteiger partial charge in [0, 0.05) is 12.1 Å². The maximum absolute atomic E-state index is 14.0. The quantitative estimate of drug-likeness (QED) is 0.121. The maximum Gasteiger partial charge on any atom is 0.271 e. The largest absolute Gasteiger partial charge is 0.495 e. The standard InChI is InChI=1S/C23H14F3N5O4S2/c1-35-16-5-3-2-4-15(16)30-14-7-6-11(31(33)34)8-13(14)27-23(30)36-10-18(32)28-22-29-21-17(37-22)9-12(24)19(25)20(21)26/h2-9H,10H2,1H3,(H,28,29,32). The molecule has 37 heavy (non-hydrogen) atoms. The Morgan fingerprint density at radius 1 is 1.16 bits per heavy atom. The van der Waals surface area contributed by atoms with Crippen molar-refractivity contribution in [2.45, 2.75) is 5.16 Å². The molecule has 0 bridgehead atoms. The molecule has 0 aliphatic heterocycles. The second-order valence-corrected chi connectivity index (χ2v) is 9.49. The minimum absolute atomic E-state index is 0.0293. The van der Waals surface area contributed by atoms with E-state index in [1.165, 1.54) is 19.2 Å². The van der Waals surface area contributed by atoms with E-state index >= 15 is 0 Å². The van der Waals surface area contributed by atoms with Gasteiger partial charge in [-0.15, -0.1) is 0 Å². The zero-order valence-corrected chi connectivity index (χ0v) is 20.3. The number of nitrogens with one attached hydrogen (secondary N) is 1. The van der Waals surface area contributed by atoms with Crippen molar-refractivity contribution in [3.05, 3.63) is 76.1 Å². The van der Waals surface area contributed by atoms with Crippen LogP contribution in [0.3, 0.4) is 0 Å². The highest BCUT2D eigenvalue weighted by molar-refractivity contribution is 7.99. The van der Waals surface area contributed by atoms with Crippen LogP contribution in [0.1, 0.15) is 0 Å². The highest BCUT2D eigenvalue weighted by Gasteiger charge is 2.21. The lowest BCUT2D eigenvalue weighted by atomic mass is 10.2. The van der Waals surface area contributed by atoms with Gasteiger partial charge in [-0.2, -0.15) is 0 Å². The monoisotopic (exact) mass is 545 g/mol. The van der Waals surface area contributed by atoms with Gasteiger partial charge in [0.05, 0.1) is 39.2 Å². The first-order chi connectivity index (χ1) is 17.8. The highest BCUT2D eigenvalue weighted by atomic mass is 32.2. The maximum atomic E-state index is 14.0. The first-order valence-corrected chi connectivity index (χ1v) is 12.2. The summed E-state index contributed by atoms with van der Waals surface area (Å²) < 4.78 is 48.2. The number of methoxy groups -OCH3 is 1. The minimum Gasteiger partial charge on any atom is -0.495 e. The number of aromatic nitrogens is 3. The van der Waals surface area contributed by atoms with Crippen LogP contribution in [0.4, 0.5) is 24.0 Å². The Morgan fingerprint density at radius 3 is 2.70 bits per heavy atom. The first-order valence-electron chi connectivity index (χ1n) is 10.4. The second kappa shape index (κ2) is 9.71. The van der Waals surface area contributed by atoms with Crippen LogP contribution >= 0.6 is 23.1 Å². The van der Waals surface area contributed by atoms with Crippen LogP contribution in [0.15, 0.2) is 53.7 Å². The molecule has 1 N–H and O–H groups in total. The van der Waals surface area contributed by atoms with Crippen LogP contribution in [0.5, 0.6) is 5.75 Å². The number of ether oxygens (including phenoxy) is 1. The Kier molecular flexibility index (Phi) is 6.43. The normalized spacial score (nSPS) is 11.2. The van der Waals surface area contributed by atoms with E-state index in [2.05, 4.69) is 15.3 Å². The molecule has 0 saturated heterocycles. The smallest absolute Gasteiger partial charge is 0.271 e. The van der Waals surface area contributed by atoms with E-state index in [1.807, 2.05) is 0 Å². The van der Waals surface area contributed by atoms with Crippen LogP contribution in [-0.2, 0) is 4.79 Å². The number of imidazole rings is 1. The second-order valence-electron chi connectivity index (χ2n) is 7.52. The number of thioether (sulfide) groups is 1. The van der Waals surface area contributed by atoms with E-state index in [0.717, 1.165) is 29.2 Å². The fourth-order valence-corrected chi connectivity index (χ4v) is 5.34. The van der Waals surface area contributed by atoms with Gasteiger partial charge in [-0.25, -0.2) is 23.1 Å². The number of non-ortho nitro benzene ring substituents is 1. The summed E-state index contributed by atoms with van der Waals surface area (Å²) in [7, 11) is 1.50. The number of hydrogen-bond acceptors (Lipinski definition) is 8. The molecule has 5 aromatic rings. The minimum atomic E-state index is -1.64. The van der Waals surface area contributed by atoms with Gasteiger partial charge < -0.3 is 10.1 Å². The van der Waals surface area contributed by atoms with Crippen molar-refractivity contribution in [3.8, 4) is 11.4 Å². The molecule has 5 rings (SSSR count). The number of para-hydroxylation sites is 2. The van der Waals surface area contributed by atoms with Crippen molar-refractivity contribution in [1.29, 1.82) is 0 Å². The zero-order chi connectivity index (χ0) is 26.3. The number of anilines is 1. The third kappa shape index (κ3) is 4.56. The summed E-state index contributed by atoms with van der Waals surface area (Å²) in [5.74, 6) is -4.60. The number of halogens is 3. The number of nitro groups is 1. The molecule has 1 amide bonds. The fraction of sp³-hybridized carbons (Fsp3) is 0.0870. The Labute approximate surface area is 214 Å². The zero-order valence-electron chi connectivity index (χ0n) is 18.7. The molecule has 0 unspecified atom stereocenters. The summed E-state index contributed by atoms with van der Waals surface area (Å²) in [6.07, 6.45) is 0. The third-order valence-electron chi connectivity index (χ3n) is 5.24. The number of amides is 1. The molecule has 0 fully saturated rings. The molecule has 0 aliphatic rings. The third-order valence-corrected chi connectivity index (χ3v) is 7.10. The Bertz CT molecular complexity index is 1710. The molecular weight excluding hydrogens is 531 g/mol. The lowest BCUT2D eigenvalue weighted by molar-refractivity contribution is -0.384. The van der Waals surface area contributed by atoms with Gasteiger partial charge in [-0.05, 0) is 24.3 Å². The number of nitrogens with zero attached hydrogens (tertiary/aromatic N) is 4. The van der Waals surface area contributed by atoms with E-state index in [9.17, 15) is 28.1 Å². The SMILES string of the molecule is COc1ccccc1-n1c(SCC(=O)Nc2nc3c(F)c(F)c(F)cc3s2)nc2cc([N+](=O)[O-])ccc21. The number of thiazole rings is 1. The molecule has 0 spiro atoms. The topological polar surface area (TPSA) is 112 Å². The number of benzene rings is 3. The molecule has 9 nitrogen and oxygen atoms in total. The number of nitro benzene ring substituents is 1. The molecule has 0 aliphatic carbocycles. The Hall–Kier alpha value is -4.17. The molecule has 0 atom stereocenters. The van der Waals surface area contributed by atoms with Crippen molar-refractivity contribution in [2.24, 2.45) is 0 Å². The van der Waals surface area contributed by atoms with Crippen LogP contribution in [0.25, 0.3) is 26.9 Å². The van der Waals surface area contributed by atoms with Gasteiger partial charge in [0.1, 0.15) is 11.3 Å². The summed E-state index contributed by atoms with van der Waals surface area (Å²) in [5, 5.41) is 14.1. The van der Waals surface area contributed by atoms with Gasteiger partial charge in [0.2, 0.25) is 5.91 Å². The number of fused-ring (bicyclic) bond motifs is 2. The number of hydrogen-bond donors (Lipinski definition) is 1. The summed E-state index contributed by atoms with van der Waals surface area (Å²) in [6.45, 7) is 0.